The van der Waals surface area contributed by atoms with Gasteiger partial charge in [-0.3, -0.25) is 10.2 Å². The number of nitrogens with one attached hydrogen (secondary N) is 3. The van der Waals surface area contributed by atoms with Crippen LogP contribution in [0.2, 0.25) is 0 Å². The summed E-state index contributed by atoms with van der Waals surface area (Å²) in [5.41, 5.74) is 8.24. The Hall–Kier alpha value is -0.880. The van der Waals surface area contributed by atoms with E-state index in [2.05, 4.69) is 16.4 Å². The van der Waals surface area contributed by atoms with Crippen LogP contribution in [0.4, 0.5) is 0 Å². The molecule has 0 aromatic carbocycles. The van der Waals surface area contributed by atoms with Crippen molar-refractivity contribution in [2.24, 2.45) is 0 Å². The highest BCUT2D eigenvalue weighted by molar-refractivity contribution is 8.03. The van der Waals surface area contributed by atoms with Gasteiger partial charge in [-0.2, -0.15) is 5.53 Å². The second kappa shape index (κ2) is 5.71. The zero-order valence-electron chi connectivity index (χ0n) is 7.42. The van der Waals surface area contributed by atoms with Crippen molar-refractivity contribution in [3.05, 3.63) is 11.2 Å². The molecule has 0 saturated carbocycles. The molecule has 0 amide bonds. The van der Waals surface area contributed by atoms with Gasteiger partial charge in [0.05, 0.1) is 12.4 Å². The largest absolute Gasteiger partial charge is 0.465 e. The van der Waals surface area contributed by atoms with Crippen LogP contribution in [0.1, 0.15) is 13.3 Å². The molecule has 0 atom stereocenters. The normalized spacial score (nSPS) is 14.4. The quantitative estimate of drug-likeness (QED) is 0.550. The summed E-state index contributed by atoms with van der Waals surface area (Å²) < 4.78 is 4.90. The van der Waals surface area contributed by atoms with Gasteiger partial charge in [0.15, 0.2) is 0 Å². The minimum Gasteiger partial charge on any atom is -0.465 e. The first-order valence-electron chi connectivity index (χ1n) is 4.08. The van der Waals surface area contributed by atoms with E-state index in [9.17, 15) is 4.79 Å². The maximum Gasteiger partial charge on any atom is 0.316 e. The van der Waals surface area contributed by atoms with Gasteiger partial charge in [0.1, 0.15) is 5.03 Å². The smallest absolute Gasteiger partial charge is 0.316 e. The van der Waals surface area contributed by atoms with Gasteiger partial charge in [-0.25, -0.2) is 0 Å². The molecule has 0 aliphatic carbocycles. The molecular weight excluding hydrogens is 190 g/mol. The zero-order valence-corrected chi connectivity index (χ0v) is 8.24. The standard InChI is InChI=1S/C7H13N3O2S/c1-2-3-12-7(11)5-13-6-4-8-10-9-6/h4,8-10H,2-3,5H2,1H3. The van der Waals surface area contributed by atoms with Crippen LogP contribution in [0.3, 0.4) is 0 Å². The van der Waals surface area contributed by atoms with Gasteiger partial charge < -0.3 is 10.2 Å². The fraction of sp³-hybridized carbons (Fsp3) is 0.571. The van der Waals surface area contributed by atoms with E-state index in [1.165, 1.54) is 11.8 Å². The Kier molecular flexibility index (Phi) is 4.48. The molecule has 13 heavy (non-hydrogen) atoms. The average molecular weight is 203 g/mol. The topological polar surface area (TPSA) is 62.4 Å². The van der Waals surface area contributed by atoms with Crippen LogP contribution in [0.5, 0.6) is 0 Å². The summed E-state index contributed by atoms with van der Waals surface area (Å²) in [6.45, 7) is 2.47. The van der Waals surface area contributed by atoms with Crippen LogP contribution < -0.4 is 16.4 Å². The first kappa shape index (κ1) is 10.2. The highest BCUT2D eigenvalue weighted by Crippen LogP contribution is 2.12. The van der Waals surface area contributed by atoms with E-state index in [1.54, 1.807) is 6.20 Å². The van der Waals surface area contributed by atoms with Gasteiger partial charge in [0, 0.05) is 6.20 Å². The van der Waals surface area contributed by atoms with Crippen LogP contribution in [0.15, 0.2) is 11.2 Å². The van der Waals surface area contributed by atoms with Crippen molar-refractivity contribution in [1.82, 2.24) is 16.4 Å². The van der Waals surface area contributed by atoms with E-state index in [4.69, 9.17) is 4.74 Å². The lowest BCUT2D eigenvalue weighted by Crippen LogP contribution is -2.31. The zero-order chi connectivity index (χ0) is 9.52. The monoisotopic (exact) mass is 203 g/mol. The van der Waals surface area contributed by atoms with Crippen molar-refractivity contribution in [3.63, 3.8) is 0 Å². The Labute approximate surface area is 81.2 Å². The highest BCUT2D eigenvalue weighted by atomic mass is 32.2. The number of hydrogen-bond acceptors (Lipinski definition) is 6. The summed E-state index contributed by atoms with van der Waals surface area (Å²) >= 11 is 1.39. The Balaban J connectivity index is 2.07. The van der Waals surface area contributed by atoms with E-state index in [0.717, 1.165) is 11.4 Å². The minimum atomic E-state index is -0.179. The van der Waals surface area contributed by atoms with Crippen LogP contribution in [-0.2, 0) is 9.53 Å². The summed E-state index contributed by atoms with van der Waals surface area (Å²) in [5.74, 6) is 0.156. The molecule has 5 nitrogen and oxygen atoms in total. The van der Waals surface area contributed by atoms with Gasteiger partial charge in [0.25, 0.3) is 0 Å². The maximum absolute atomic E-state index is 11.0. The predicted octanol–water partition coefficient (Wildman–Crippen LogP) is 0.0841. The minimum absolute atomic E-state index is 0.179. The van der Waals surface area contributed by atoms with Crippen LogP contribution in [0.25, 0.3) is 0 Å². The number of carbonyl (C=O) groups is 1. The van der Waals surface area contributed by atoms with Crippen molar-refractivity contribution >= 4 is 17.7 Å². The molecule has 74 valence electrons. The van der Waals surface area contributed by atoms with Gasteiger partial charge >= 0.3 is 5.97 Å². The SMILES string of the molecule is CCCOC(=O)CSC1=CNNN1. The Morgan fingerprint density at radius 3 is 3.15 bits per heavy atom. The van der Waals surface area contributed by atoms with Crippen molar-refractivity contribution in [1.29, 1.82) is 0 Å². The summed E-state index contributed by atoms with van der Waals surface area (Å²) in [4.78, 5) is 11.0. The molecule has 0 aromatic heterocycles. The van der Waals surface area contributed by atoms with Crippen molar-refractivity contribution in [2.75, 3.05) is 12.4 Å². The number of rotatable bonds is 5. The molecule has 0 spiro atoms. The number of carbonyl (C=O) groups excluding carboxylic acids is 1. The second-order valence-electron chi connectivity index (χ2n) is 2.41. The van der Waals surface area contributed by atoms with Crippen LogP contribution in [-0.4, -0.2) is 18.3 Å². The molecule has 0 fully saturated rings. The van der Waals surface area contributed by atoms with E-state index in [0.29, 0.717) is 12.4 Å². The van der Waals surface area contributed by atoms with Crippen LogP contribution in [0, 0.1) is 0 Å². The third kappa shape index (κ3) is 4.05. The first-order chi connectivity index (χ1) is 6.33. The number of hydrogen-bond donors (Lipinski definition) is 3. The lowest BCUT2D eigenvalue weighted by atomic mass is 10.5. The number of thioether (sulfide) groups is 1. The molecule has 0 bridgehead atoms. The summed E-state index contributed by atoms with van der Waals surface area (Å²) in [5, 5.41) is 0.883. The summed E-state index contributed by atoms with van der Waals surface area (Å²) in [7, 11) is 0. The van der Waals surface area contributed by atoms with E-state index >= 15 is 0 Å². The molecule has 1 aliphatic rings. The Morgan fingerprint density at radius 2 is 2.54 bits per heavy atom. The lowest BCUT2D eigenvalue weighted by molar-refractivity contribution is -0.140. The second-order valence-corrected chi connectivity index (χ2v) is 3.43. The van der Waals surface area contributed by atoms with Gasteiger partial charge in [-0.15, -0.1) is 0 Å². The first-order valence-corrected chi connectivity index (χ1v) is 5.06. The maximum atomic E-state index is 11.0. The number of ether oxygens (including phenoxy) is 1. The average Bonchev–Trinajstić information content (AvgIpc) is 2.64. The number of esters is 1. The molecule has 3 N–H and O–H groups in total. The molecular formula is C7H13N3O2S. The molecule has 1 rings (SSSR count). The van der Waals surface area contributed by atoms with Gasteiger partial charge in [-0.1, -0.05) is 18.7 Å². The molecule has 0 aromatic rings. The van der Waals surface area contributed by atoms with Crippen molar-refractivity contribution in [3.8, 4) is 0 Å². The van der Waals surface area contributed by atoms with E-state index in [-0.39, 0.29) is 5.97 Å². The van der Waals surface area contributed by atoms with Crippen molar-refractivity contribution in [2.45, 2.75) is 13.3 Å². The van der Waals surface area contributed by atoms with Crippen LogP contribution >= 0.6 is 11.8 Å². The lowest BCUT2D eigenvalue weighted by Gasteiger charge is -2.03. The fourth-order valence-corrected chi connectivity index (χ4v) is 1.33. The predicted molar refractivity (Wildman–Crippen MR) is 51.2 cm³/mol. The fourth-order valence-electron chi connectivity index (χ4n) is 0.707. The Bertz CT molecular complexity index is 208. The van der Waals surface area contributed by atoms with Gasteiger partial charge in [-0.05, 0) is 6.42 Å². The molecule has 6 heteroatoms. The molecule has 1 heterocycles. The highest BCUT2D eigenvalue weighted by Gasteiger charge is 2.07. The van der Waals surface area contributed by atoms with E-state index in [1.807, 2.05) is 6.92 Å². The summed E-state index contributed by atoms with van der Waals surface area (Å²) in [6.07, 6.45) is 2.61. The molecule has 1 aliphatic heterocycles. The molecule has 0 saturated heterocycles. The molecule has 0 radical (unpaired) electrons. The number of hydrazine groups is 2. The third-order valence-electron chi connectivity index (χ3n) is 1.27. The molecule has 0 unspecified atom stereocenters. The van der Waals surface area contributed by atoms with Gasteiger partial charge in [0.2, 0.25) is 0 Å². The Morgan fingerprint density at radius 1 is 1.69 bits per heavy atom. The van der Waals surface area contributed by atoms with Crippen molar-refractivity contribution < 1.29 is 9.53 Å². The third-order valence-corrected chi connectivity index (χ3v) is 2.18. The summed E-state index contributed by atoms with van der Waals surface area (Å²) in [6, 6.07) is 0. The van der Waals surface area contributed by atoms with E-state index < -0.39 is 0 Å².